The predicted octanol–water partition coefficient (Wildman–Crippen LogP) is 4.44. The second-order valence-corrected chi connectivity index (χ2v) is 7.19. The summed E-state index contributed by atoms with van der Waals surface area (Å²) in [6, 6.07) is 13.6. The van der Waals surface area contributed by atoms with Crippen molar-refractivity contribution in [3.63, 3.8) is 0 Å². The van der Waals surface area contributed by atoms with Gasteiger partial charge in [0.05, 0.1) is 51.9 Å². The standard InChI is InChI=1S/C25H33NO6/c1-2-3-10-30-23-7-4-21(5-8-23)20-26-22-6-9-24-25(19-22)32-18-16-29-14-12-27-11-13-28-15-17-31-24/h4-9,19-20H,2-3,10-18H2,1H3. The van der Waals surface area contributed by atoms with Crippen molar-refractivity contribution in [1.82, 2.24) is 0 Å². The molecule has 0 atom stereocenters. The molecule has 0 aliphatic carbocycles. The van der Waals surface area contributed by atoms with Crippen molar-refractivity contribution < 1.29 is 28.4 Å². The topological polar surface area (TPSA) is 67.7 Å². The van der Waals surface area contributed by atoms with Gasteiger partial charge in [-0.3, -0.25) is 4.99 Å². The van der Waals surface area contributed by atoms with Gasteiger partial charge in [0, 0.05) is 12.3 Å². The summed E-state index contributed by atoms with van der Waals surface area (Å²) in [4.78, 5) is 4.59. The number of unbranched alkanes of at least 4 members (excludes halogenated alkanes) is 1. The van der Waals surface area contributed by atoms with Gasteiger partial charge in [-0.1, -0.05) is 13.3 Å². The van der Waals surface area contributed by atoms with Gasteiger partial charge in [-0.2, -0.15) is 0 Å². The quantitative estimate of drug-likeness (QED) is 0.486. The fourth-order valence-electron chi connectivity index (χ4n) is 2.91. The number of ether oxygens (including phenoxy) is 6. The molecule has 174 valence electrons. The van der Waals surface area contributed by atoms with Crippen LogP contribution in [-0.2, 0) is 14.2 Å². The van der Waals surface area contributed by atoms with E-state index in [1.54, 1.807) is 0 Å². The molecule has 2 aromatic rings. The van der Waals surface area contributed by atoms with E-state index in [9.17, 15) is 0 Å². The van der Waals surface area contributed by atoms with E-state index < -0.39 is 0 Å². The van der Waals surface area contributed by atoms with Crippen LogP contribution in [0.15, 0.2) is 47.5 Å². The average Bonchev–Trinajstić information content (AvgIpc) is 2.83. The van der Waals surface area contributed by atoms with E-state index in [1.807, 2.05) is 48.7 Å². The van der Waals surface area contributed by atoms with E-state index in [2.05, 4.69) is 11.9 Å². The van der Waals surface area contributed by atoms with Crippen molar-refractivity contribution >= 4 is 11.9 Å². The van der Waals surface area contributed by atoms with Crippen molar-refractivity contribution in [2.24, 2.45) is 4.99 Å². The van der Waals surface area contributed by atoms with Crippen molar-refractivity contribution in [1.29, 1.82) is 0 Å². The Morgan fingerprint density at radius 3 is 2.06 bits per heavy atom. The molecule has 1 heterocycles. The van der Waals surface area contributed by atoms with Crippen LogP contribution in [0.5, 0.6) is 17.2 Å². The van der Waals surface area contributed by atoms with Gasteiger partial charge in [0.1, 0.15) is 19.0 Å². The van der Waals surface area contributed by atoms with Gasteiger partial charge in [0.2, 0.25) is 0 Å². The Morgan fingerprint density at radius 2 is 1.41 bits per heavy atom. The second-order valence-electron chi connectivity index (χ2n) is 7.19. The minimum atomic E-state index is 0.416. The minimum absolute atomic E-state index is 0.416. The Balaban J connectivity index is 1.61. The first-order valence-corrected chi connectivity index (χ1v) is 11.2. The van der Waals surface area contributed by atoms with Crippen LogP contribution >= 0.6 is 0 Å². The molecule has 0 spiro atoms. The zero-order valence-electron chi connectivity index (χ0n) is 18.8. The second kappa shape index (κ2) is 14.5. The summed E-state index contributed by atoms with van der Waals surface area (Å²) in [5, 5.41) is 0. The highest BCUT2D eigenvalue weighted by atomic mass is 16.6. The number of hydrogen-bond donors (Lipinski definition) is 0. The summed E-state index contributed by atoms with van der Waals surface area (Å²) in [7, 11) is 0. The predicted molar refractivity (Wildman–Crippen MR) is 124 cm³/mol. The smallest absolute Gasteiger partial charge is 0.163 e. The first-order chi connectivity index (χ1) is 15.8. The summed E-state index contributed by atoms with van der Waals surface area (Å²) in [5.41, 5.74) is 1.77. The number of fused-ring (bicyclic) bond motifs is 1. The molecular weight excluding hydrogens is 410 g/mol. The van der Waals surface area contributed by atoms with Crippen LogP contribution in [0.2, 0.25) is 0 Å². The van der Waals surface area contributed by atoms with E-state index >= 15 is 0 Å². The summed E-state index contributed by atoms with van der Waals surface area (Å²) in [5.74, 6) is 2.17. The molecule has 7 heteroatoms. The van der Waals surface area contributed by atoms with E-state index in [4.69, 9.17) is 28.4 Å². The van der Waals surface area contributed by atoms with Crippen LogP contribution in [-0.4, -0.2) is 65.7 Å². The molecule has 0 saturated carbocycles. The largest absolute Gasteiger partial charge is 0.494 e. The number of nitrogens with zero attached hydrogens (tertiary/aromatic N) is 1. The van der Waals surface area contributed by atoms with Gasteiger partial charge in [-0.25, -0.2) is 0 Å². The molecule has 0 amide bonds. The molecule has 0 saturated heterocycles. The van der Waals surface area contributed by atoms with E-state index in [0.29, 0.717) is 64.4 Å². The third-order valence-electron chi connectivity index (χ3n) is 4.65. The maximum absolute atomic E-state index is 5.90. The maximum Gasteiger partial charge on any atom is 0.163 e. The van der Waals surface area contributed by atoms with Crippen LogP contribution in [0, 0.1) is 0 Å². The minimum Gasteiger partial charge on any atom is -0.494 e. The van der Waals surface area contributed by atoms with Crippen LogP contribution in [0.4, 0.5) is 5.69 Å². The number of hydrogen-bond acceptors (Lipinski definition) is 7. The molecule has 2 aromatic carbocycles. The lowest BCUT2D eigenvalue weighted by molar-refractivity contribution is 0.00708. The maximum atomic E-state index is 5.90. The summed E-state index contributed by atoms with van der Waals surface area (Å²) in [6.45, 7) is 6.85. The fraction of sp³-hybridized carbons (Fsp3) is 0.480. The van der Waals surface area contributed by atoms with Crippen molar-refractivity contribution in [2.45, 2.75) is 19.8 Å². The highest BCUT2D eigenvalue weighted by molar-refractivity contribution is 5.82. The highest BCUT2D eigenvalue weighted by Crippen LogP contribution is 2.32. The Kier molecular flexibility index (Phi) is 10.9. The fourth-order valence-corrected chi connectivity index (χ4v) is 2.91. The van der Waals surface area contributed by atoms with Gasteiger partial charge in [-0.15, -0.1) is 0 Å². The van der Waals surface area contributed by atoms with E-state index in [-0.39, 0.29) is 0 Å². The zero-order valence-corrected chi connectivity index (χ0v) is 18.8. The van der Waals surface area contributed by atoms with Gasteiger partial charge < -0.3 is 28.4 Å². The number of rotatable bonds is 6. The molecule has 0 radical (unpaired) electrons. The number of aliphatic imine (C=N–C) groups is 1. The lowest BCUT2D eigenvalue weighted by atomic mass is 10.2. The Labute approximate surface area is 190 Å². The van der Waals surface area contributed by atoms with Gasteiger partial charge in [0.25, 0.3) is 0 Å². The Hall–Kier alpha value is -2.61. The molecule has 0 fully saturated rings. The summed E-state index contributed by atoms with van der Waals surface area (Å²) in [6.07, 6.45) is 4.00. The number of benzene rings is 2. The molecule has 0 N–H and O–H groups in total. The van der Waals surface area contributed by atoms with Crippen LogP contribution in [0.25, 0.3) is 0 Å². The van der Waals surface area contributed by atoms with Crippen LogP contribution in [0.3, 0.4) is 0 Å². The Morgan fingerprint density at radius 1 is 0.781 bits per heavy atom. The monoisotopic (exact) mass is 443 g/mol. The molecular formula is C25H33NO6. The lowest BCUT2D eigenvalue weighted by Gasteiger charge is -2.13. The molecule has 0 unspecified atom stereocenters. The SMILES string of the molecule is CCCCOc1ccc(C=Nc2ccc3c(c2)OCCOCCOCCOCCO3)cc1. The summed E-state index contributed by atoms with van der Waals surface area (Å²) < 4.78 is 33.9. The normalized spacial score (nSPS) is 16.3. The molecule has 32 heavy (non-hydrogen) atoms. The van der Waals surface area contributed by atoms with Gasteiger partial charge in [-0.05, 0) is 48.4 Å². The van der Waals surface area contributed by atoms with Crippen LogP contribution < -0.4 is 14.2 Å². The zero-order chi connectivity index (χ0) is 22.3. The first kappa shape index (κ1) is 24.0. The molecule has 3 rings (SSSR count). The first-order valence-electron chi connectivity index (χ1n) is 11.2. The van der Waals surface area contributed by atoms with Gasteiger partial charge >= 0.3 is 0 Å². The highest BCUT2D eigenvalue weighted by Gasteiger charge is 2.08. The molecule has 1 aliphatic rings. The molecule has 0 bridgehead atoms. The van der Waals surface area contributed by atoms with Crippen molar-refractivity contribution in [3.05, 3.63) is 48.0 Å². The third-order valence-corrected chi connectivity index (χ3v) is 4.65. The van der Waals surface area contributed by atoms with E-state index in [0.717, 1.165) is 36.4 Å². The molecule has 7 nitrogen and oxygen atoms in total. The third kappa shape index (κ3) is 8.86. The Bertz CT molecular complexity index is 809. The summed E-state index contributed by atoms with van der Waals surface area (Å²) >= 11 is 0. The average molecular weight is 444 g/mol. The van der Waals surface area contributed by atoms with Gasteiger partial charge in [0.15, 0.2) is 11.5 Å². The van der Waals surface area contributed by atoms with Crippen molar-refractivity contribution in [2.75, 3.05) is 59.5 Å². The van der Waals surface area contributed by atoms with Crippen molar-refractivity contribution in [3.8, 4) is 17.2 Å². The lowest BCUT2D eigenvalue weighted by Crippen LogP contribution is -2.13. The molecule has 1 aliphatic heterocycles. The molecule has 0 aromatic heterocycles. The van der Waals surface area contributed by atoms with Crippen LogP contribution in [0.1, 0.15) is 25.3 Å². The van der Waals surface area contributed by atoms with E-state index in [1.165, 1.54) is 0 Å².